The van der Waals surface area contributed by atoms with E-state index >= 15 is 0 Å². The van der Waals surface area contributed by atoms with E-state index in [1.54, 1.807) is 12.1 Å². The second-order valence-corrected chi connectivity index (χ2v) is 9.01. The van der Waals surface area contributed by atoms with Gasteiger partial charge in [-0.25, -0.2) is 4.39 Å². The third-order valence-electron chi connectivity index (χ3n) is 6.73. The number of H-pyrrole nitrogens is 1. The highest BCUT2D eigenvalue weighted by Gasteiger charge is 2.29. The minimum absolute atomic E-state index is 0.0146. The van der Waals surface area contributed by atoms with Gasteiger partial charge >= 0.3 is 0 Å². The van der Waals surface area contributed by atoms with Crippen LogP contribution in [0.2, 0.25) is 0 Å². The molecule has 1 saturated heterocycles. The first kappa shape index (κ1) is 22.1. The van der Waals surface area contributed by atoms with Crippen molar-refractivity contribution in [1.29, 1.82) is 0 Å². The number of nitrogens with one attached hydrogen (secondary N) is 2. The maximum atomic E-state index is 13.9. The predicted octanol–water partition coefficient (Wildman–Crippen LogP) is 4.32. The van der Waals surface area contributed by atoms with E-state index in [9.17, 15) is 14.0 Å². The zero-order chi connectivity index (χ0) is 24.0. The normalized spacial score (nSPS) is 17.2. The molecule has 0 spiro atoms. The van der Waals surface area contributed by atoms with E-state index in [2.05, 4.69) is 22.2 Å². The average molecular weight is 459 g/mol. The number of amides is 2. The first-order valence-electron chi connectivity index (χ1n) is 11.4. The van der Waals surface area contributed by atoms with Gasteiger partial charge in [0.15, 0.2) is 0 Å². The number of fused-ring (bicyclic) bond motifs is 1. The molecule has 174 valence electrons. The maximum Gasteiger partial charge on any atom is 0.256 e. The number of aryl methyl sites for hydroxylation is 1. The fourth-order valence-corrected chi connectivity index (χ4v) is 4.84. The minimum atomic E-state index is -0.333. The quantitative estimate of drug-likeness (QED) is 0.575. The molecule has 34 heavy (non-hydrogen) atoms. The van der Waals surface area contributed by atoms with E-state index in [1.807, 2.05) is 43.0 Å². The molecule has 7 heteroatoms. The second kappa shape index (κ2) is 8.57. The van der Waals surface area contributed by atoms with Gasteiger partial charge in [-0.3, -0.25) is 9.59 Å². The molecule has 0 unspecified atom stereocenters. The van der Waals surface area contributed by atoms with E-state index < -0.39 is 0 Å². The summed E-state index contributed by atoms with van der Waals surface area (Å²) in [6, 6.07) is 11.9. The molecule has 1 aromatic heterocycles. The molecule has 0 radical (unpaired) electrons. The van der Waals surface area contributed by atoms with Gasteiger partial charge in [-0.15, -0.1) is 0 Å². The van der Waals surface area contributed by atoms with Crippen molar-refractivity contribution in [2.75, 3.05) is 38.5 Å². The van der Waals surface area contributed by atoms with Crippen LogP contribution < -0.4 is 5.32 Å². The van der Waals surface area contributed by atoms with Gasteiger partial charge in [0.2, 0.25) is 0 Å². The molecule has 1 fully saturated rings. The van der Waals surface area contributed by atoms with Crippen molar-refractivity contribution in [1.82, 2.24) is 14.8 Å². The molecule has 5 rings (SSSR count). The topological polar surface area (TPSA) is 68.4 Å². The van der Waals surface area contributed by atoms with Crippen molar-refractivity contribution in [2.45, 2.75) is 13.8 Å². The number of hydrogen-bond donors (Lipinski definition) is 2. The monoisotopic (exact) mass is 458 g/mol. The summed E-state index contributed by atoms with van der Waals surface area (Å²) >= 11 is 0. The van der Waals surface area contributed by atoms with Crippen LogP contribution >= 0.6 is 0 Å². The van der Waals surface area contributed by atoms with Crippen LogP contribution in [-0.4, -0.2) is 59.8 Å². The van der Waals surface area contributed by atoms with Gasteiger partial charge in [0.1, 0.15) is 5.82 Å². The molecule has 3 heterocycles. The smallest absolute Gasteiger partial charge is 0.256 e. The number of anilines is 1. The summed E-state index contributed by atoms with van der Waals surface area (Å²) in [5.41, 5.74) is 6.36. The van der Waals surface area contributed by atoms with Gasteiger partial charge in [0.25, 0.3) is 11.8 Å². The van der Waals surface area contributed by atoms with Crippen molar-refractivity contribution >= 4 is 29.2 Å². The highest BCUT2D eigenvalue weighted by Crippen LogP contribution is 2.41. The van der Waals surface area contributed by atoms with Crippen LogP contribution in [0.1, 0.15) is 32.9 Å². The van der Waals surface area contributed by atoms with Crippen LogP contribution in [0.15, 0.2) is 42.5 Å². The fourth-order valence-electron chi connectivity index (χ4n) is 4.84. The summed E-state index contributed by atoms with van der Waals surface area (Å²) in [6.07, 6.45) is 1.80. The van der Waals surface area contributed by atoms with E-state index in [0.717, 1.165) is 41.2 Å². The number of carbonyl (C=O) groups is 2. The molecular weight excluding hydrogens is 431 g/mol. The van der Waals surface area contributed by atoms with Gasteiger partial charge in [-0.2, -0.15) is 0 Å². The van der Waals surface area contributed by atoms with Gasteiger partial charge in [0.05, 0.1) is 11.1 Å². The Balaban J connectivity index is 1.56. The maximum absolute atomic E-state index is 13.9. The Morgan fingerprint density at radius 1 is 1.06 bits per heavy atom. The van der Waals surface area contributed by atoms with E-state index in [0.29, 0.717) is 35.5 Å². The lowest BCUT2D eigenvalue weighted by molar-refractivity contribution is -0.110. The fraction of sp³-hybridized carbons (Fsp3) is 0.259. The molecule has 0 aliphatic carbocycles. The SMILES string of the molecule is Cc1[nH]c(C=C2C(=O)Nc3cccc(-c4cccc(F)c4)c32)c(C)c1C(=O)N1CCN(C)CC1. The van der Waals surface area contributed by atoms with Crippen LogP contribution in [-0.2, 0) is 4.79 Å². The van der Waals surface area contributed by atoms with Crippen LogP contribution in [0, 0.1) is 19.7 Å². The molecule has 6 nitrogen and oxygen atoms in total. The number of carbonyl (C=O) groups excluding carboxylic acids is 2. The van der Waals surface area contributed by atoms with Crippen molar-refractivity contribution in [3.63, 3.8) is 0 Å². The molecule has 2 aliphatic rings. The summed E-state index contributed by atoms with van der Waals surface area (Å²) in [4.78, 5) is 33.7. The lowest BCUT2D eigenvalue weighted by Crippen LogP contribution is -2.47. The summed E-state index contributed by atoms with van der Waals surface area (Å²) in [6.45, 7) is 6.89. The largest absolute Gasteiger partial charge is 0.358 e. The highest BCUT2D eigenvalue weighted by molar-refractivity contribution is 6.36. The summed E-state index contributed by atoms with van der Waals surface area (Å²) in [5.74, 6) is -0.543. The van der Waals surface area contributed by atoms with Gasteiger partial charge in [-0.05, 0) is 61.9 Å². The molecule has 0 bridgehead atoms. The highest BCUT2D eigenvalue weighted by atomic mass is 19.1. The number of piperazine rings is 1. The predicted molar refractivity (Wildman–Crippen MR) is 132 cm³/mol. The zero-order valence-electron chi connectivity index (χ0n) is 19.5. The Kier molecular flexibility index (Phi) is 5.57. The van der Waals surface area contributed by atoms with Gasteiger partial charge < -0.3 is 20.1 Å². The lowest BCUT2D eigenvalue weighted by atomic mass is 9.94. The number of nitrogens with zero attached hydrogens (tertiary/aromatic N) is 2. The number of likely N-dealkylation sites (N-methyl/N-ethyl adjacent to an activating group) is 1. The summed E-state index contributed by atoms with van der Waals surface area (Å²) in [7, 11) is 2.06. The number of rotatable bonds is 3. The second-order valence-electron chi connectivity index (χ2n) is 9.01. The Morgan fingerprint density at radius 3 is 2.53 bits per heavy atom. The molecule has 2 amide bonds. The van der Waals surface area contributed by atoms with Crippen LogP contribution in [0.25, 0.3) is 22.8 Å². The van der Waals surface area contributed by atoms with Gasteiger partial charge in [0, 0.05) is 48.8 Å². The minimum Gasteiger partial charge on any atom is -0.358 e. The molecule has 2 aromatic carbocycles. The Hall–Kier alpha value is -3.71. The van der Waals surface area contributed by atoms with Crippen LogP contribution in [0.5, 0.6) is 0 Å². The number of halogens is 1. The number of aromatic nitrogens is 1. The molecule has 2 aliphatic heterocycles. The molecule has 0 saturated carbocycles. The third kappa shape index (κ3) is 3.82. The number of aromatic amines is 1. The van der Waals surface area contributed by atoms with E-state index in [4.69, 9.17) is 0 Å². The van der Waals surface area contributed by atoms with Gasteiger partial charge in [-0.1, -0.05) is 24.3 Å². The molecule has 2 N–H and O–H groups in total. The van der Waals surface area contributed by atoms with Crippen molar-refractivity contribution in [3.8, 4) is 11.1 Å². The molecular formula is C27H27FN4O2. The Bertz CT molecular complexity index is 1330. The lowest BCUT2D eigenvalue weighted by Gasteiger charge is -2.32. The van der Waals surface area contributed by atoms with Crippen molar-refractivity contribution in [3.05, 3.63) is 76.4 Å². The van der Waals surface area contributed by atoms with Crippen molar-refractivity contribution in [2.24, 2.45) is 0 Å². The Labute approximate surface area is 198 Å². The number of hydrogen-bond acceptors (Lipinski definition) is 3. The first-order chi connectivity index (χ1) is 16.3. The Morgan fingerprint density at radius 2 is 1.79 bits per heavy atom. The van der Waals surface area contributed by atoms with Crippen LogP contribution in [0.4, 0.5) is 10.1 Å². The third-order valence-corrected chi connectivity index (χ3v) is 6.73. The van der Waals surface area contributed by atoms with E-state index in [1.165, 1.54) is 12.1 Å². The standard InChI is InChI=1S/C27H27FN4O2/c1-16-23(29-17(2)24(16)27(34)32-12-10-31(3)11-13-32)15-21-25-20(18-6-4-7-19(28)14-18)8-5-9-22(25)30-26(21)33/h4-9,14-15,29H,10-13H2,1-3H3,(H,30,33). The zero-order valence-corrected chi connectivity index (χ0v) is 19.5. The van der Waals surface area contributed by atoms with Crippen molar-refractivity contribution < 1.29 is 14.0 Å². The van der Waals surface area contributed by atoms with Crippen LogP contribution in [0.3, 0.4) is 0 Å². The summed E-state index contributed by atoms with van der Waals surface area (Å²) < 4.78 is 13.9. The summed E-state index contributed by atoms with van der Waals surface area (Å²) in [5, 5.41) is 2.92. The molecule has 3 aromatic rings. The van der Waals surface area contributed by atoms with E-state index in [-0.39, 0.29) is 17.6 Å². The molecule has 0 atom stereocenters. The first-order valence-corrected chi connectivity index (χ1v) is 11.4. The average Bonchev–Trinajstić information content (AvgIpc) is 3.28. The number of benzene rings is 2.